The summed E-state index contributed by atoms with van der Waals surface area (Å²) in [4.78, 5) is 11.0. The summed E-state index contributed by atoms with van der Waals surface area (Å²) in [6.07, 6.45) is 0. The maximum absolute atomic E-state index is 11.0. The molecular weight excluding hydrogens is 304 g/mol. The summed E-state index contributed by atoms with van der Waals surface area (Å²) in [5, 5.41) is 14.3. The molecule has 6 heteroatoms. The van der Waals surface area contributed by atoms with Crippen LogP contribution in [0.5, 0.6) is 11.6 Å². The molecule has 2 aromatic carbocycles. The maximum Gasteiger partial charge on any atom is 0.222 e. The third-order valence-corrected chi connectivity index (χ3v) is 3.82. The summed E-state index contributed by atoms with van der Waals surface area (Å²) >= 11 is 6.03. The fourth-order valence-corrected chi connectivity index (χ4v) is 2.71. The fraction of sp³-hybridized carbons (Fsp3) is 0.125. The van der Waals surface area contributed by atoms with Gasteiger partial charge in [-0.25, -0.2) is 0 Å². The summed E-state index contributed by atoms with van der Waals surface area (Å²) in [7, 11) is 1.59. The molecule has 3 aromatic rings. The van der Waals surface area contributed by atoms with Gasteiger partial charge in [0.2, 0.25) is 5.88 Å². The fourth-order valence-electron chi connectivity index (χ4n) is 2.54. The van der Waals surface area contributed by atoms with Crippen LogP contribution >= 0.6 is 11.6 Å². The largest absolute Gasteiger partial charge is 0.496 e. The van der Waals surface area contributed by atoms with Crippen molar-refractivity contribution in [2.24, 2.45) is 5.18 Å². The number of aromatic nitrogens is 1. The smallest absolute Gasteiger partial charge is 0.222 e. The summed E-state index contributed by atoms with van der Waals surface area (Å²) in [6, 6.07) is 12.5. The first-order valence-electron chi connectivity index (χ1n) is 6.61. The Bertz CT molecular complexity index is 858. The molecule has 0 aliphatic heterocycles. The van der Waals surface area contributed by atoms with Crippen molar-refractivity contribution in [1.29, 1.82) is 0 Å². The molecular formula is C16H13ClN2O3. The van der Waals surface area contributed by atoms with Crippen LogP contribution in [0.4, 0.5) is 5.69 Å². The molecule has 0 aliphatic carbocycles. The minimum absolute atomic E-state index is 0.0153. The summed E-state index contributed by atoms with van der Waals surface area (Å²) in [6.45, 7) is 0.336. The average Bonchev–Trinajstić information content (AvgIpc) is 2.79. The van der Waals surface area contributed by atoms with Crippen molar-refractivity contribution in [2.45, 2.75) is 6.54 Å². The number of ether oxygens (including phenoxy) is 1. The second kappa shape index (κ2) is 5.69. The van der Waals surface area contributed by atoms with Gasteiger partial charge < -0.3 is 14.4 Å². The highest BCUT2D eigenvalue weighted by atomic mass is 35.5. The number of rotatable bonds is 4. The second-order valence-electron chi connectivity index (χ2n) is 4.82. The van der Waals surface area contributed by atoms with Gasteiger partial charge in [0, 0.05) is 16.0 Å². The Balaban J connectivity index is 2.20. The molecule has 0 spiro atoms. The van der Waals surface area contributed by atoms with Crippen LogP contribution in [0.2, 0.25) is 5.02 Å². The lowest BCUT2D eigenvalue weighted by molar-refractivity contribution is 0.403. The van der Waals surface area contributed by atoms with Crippen LogP contribution in [0.15, 0.2) is 47.6 Å². The van der Waals surface area contributed by atoms with Gasteiger partial charge in [-0.3, -0.25) is 0 Å². The van der Waals surface area contributed by atoms with E-state index in [-0.39, 0.29) is 11.6 Å². The van der Waals surface area contributed by atoms with E-state index in [9.17, 15) is 10.0 Å². The van der Waals surface area contributed by atoms with Gasteiger partial charge in [0.05, 0.1) is 19.2 Å². The summed E-state index contributed by atoms with van der Waals surface area (Å²) < 4.78 is 6.91. The number of nitroso groups, excluding NO2 is 1. The molecule has 0 fully saturated rings. The Hall–Kier alpha value is -2.53. The molecule has 1 aromatic heterocycles. The van der Waals surface area contributed by atoms with Crippen molar-refractivity contribution in [3.05, 3.63) is 58.0 Å². The molecule has 0 saturated carbocycles. The van der Waals surface area contributed by atoms with Gasteiger partial charge in [0.1, 0.15) is 5.75 Å². The molecule has 0 unspecified atom stereocenters. The van der Waals surface area contributed by atoms with Gasteiger partial charge in [-0.2, -0.15) is 0 Å². The Kier molecular flexibility index (Phi) is 3.73. The zero-order chi connectivity index (χ0) is 15.7. The molecule has 0 radical (unpaired) electrons. The number of benzene rings is 2. The zero-order valence-corrected chi connectivity index (χ0v) is 12.5. The van der Waals surface area contributed by atoms with E-state index in [1.54, 1.807) is 29.9 Å². The summed E-state index contributed by atoms with van der Waals surface area (Å²) in [5.74, 6) is 0.518. The molecule has 0 bridgehead atoms. The number of methoxy groups -OCH3 is 1. The van der Waals surface area contributed by atoms with Crippen molar-refractivity contribution in [3.63, 3.8) is 0 Å². The van der Waals surface area contributed by atoms with E-state index in [0.717, 1.165) is 5.56 Å². The normalized spacial score (nSPS) is 10.8. The molecule has 0 atom stereocenters. The predicted octanol–water partition coefficient (Wildman–Crippen LogP) is 4.46. The molecule has 3 rings (SSSR count). The number of hydrogen-bond donors (Lipinski definition) is 1. The van der Waals surface area contributed by atoms with Crippen LogP contribution in [-0.2, 0) is 6.54 Å². The Morgan fingerprint density at radius 1 is 1.27 bits per heavy atom. The van der Waals surface area contributed by atoms with Crippen LogP contribution < -0.4 is 4.74 Å². The first kappa shape index (κ1) is 14.4. The lowest BCUT2D eigenvalue weighted by Gasteiger charge is -2.11. The highest BCUT2D eigenvalue weighted by Crippen LogP contribution is 2.40. The number of para-hydroxylation sites is 1. The molecule has 5 nitrogen and oxygen atoms in total. The lowest BCUT2D eigenvalue weighted by Crippen LogP contribution is -2.01. The van der Waals surface area contributed by atoms with Crippen molar-refractivity contribution < 1.29 is 9.84 Å². The Labute approximate surface area is 131 Å². The van der Waals surface area contributed by atoms with Gasteiger partial charge in [0.25, 0.3) is 0 Å². The number of fused-ring (bicyclic) bond motifs is 1. The van der Waals surface area contributed by atoms with Crippen LogP contribution in [0.3, 0.4) is 0 Å². The van der Waals surface area contributed by atoms with E-state index in [4.69, 9.17) is 16.3 Å². The number of hydrogen-bond acceptors (Lipinski definition) is 4. The third kappa shape index (κ3) is 2.29. The van der Waals surface area contributed by atoms with Gasteiger partial charge >= 0.3 is 0 Å². The monoisotopic (exact) mass is 316 g/mol. The van der Waals surface area contributed by atoms with Gasteiger partial charge in [-0.1, -0.05) is 29.8 Å². The molecule has 22 heavy (non-hydrogen) atoms. The number of nitrogens with zero attached hydrogens (tertiary/aromatic N) is 2. The molecule has 1 heterocycles. The molecule has 112 valence electrons. The summed E-state index contributed by atoms with van der Waals surface area (Å²) in [5.41, 5.74) is 1.53. The van der Waals surface area contributed by atoms with Gasteiger partial charge in [-0.05, 0) is 29.4 Å². The predicted molar refractivity (Wildman–Crippen MR) is 86.2 cm³/mol. The molecule has 1 N–H and O–H groups in total. The molecule has 0 amide bonds. The number of halogens is 1. The van der Waals surface area contributed by atoms with Crippen LogP contribution in [0.1, 0.15) is 5.56 Å². The topological polar surface area (TPSA) is 63.8 Å². The molecule has 0 aliphatic rings. The van der Waals surface area contributed by atoms with E-state index in [1.165, 1.54) is 0 Å². The highest BCUT2D eigenvalue weighted by molar-refractivity contribution is 6.31. The van der Waals surface area contributed by atoms with Gasteiger partial charge in [0.15, 0.2) is 5.69 Å². The first-order valence-corrected chi connectivity index (χ1v) is 6.99. The standard InChI is InChI=1S/C16H13ClN2O3/c1-22-14-5-3-2-4-10(14)9-19-13-8-11(17)6-7-12(13)15(18-21)16(19)20/h2-8,20H,9H2,1H3. The van der Waals surface area contributed by atoms with Crippen molar-refractivity contribution in [2.75, 3.05) is 7.11 Å². The lowest BCUT2D eigenvalue weighted by atomic mass is 10.2. The quantitative estimate of drug-likeness (QED) is 0.723. The maximum atomic E-state index is 11.0. The van der Waals surface area contributed by atoms with E-state index in [1.807, 2.05) is 24.3 Å². The van der Waals surface area contributed by atoms with E-state index < -0.39 is 0 Å². The van der Waals surface area contributed by atoms with E-state index in [0.29, 0.717) is 28.2 Å². The number of aromatic hydroxyl groups is 1. The van der Waals surface area contributed by atoms with E-state index >= 15 is 0 Å². The van der Waals surface area contributed by atoms with Crippen molar-refractivity contribution in [1.82, 2.24) is 4.57 Å². The second-order valence-corrected chi connectivity index (χ2v) is 5.26. The Morgan fingerprint density at radius 3 is 2.77 bits per heavy atom. The van der Waals surface area contributed by atoms with Crippen LogP contribution in [0.25, 0.3) is 10.9 Å². The van der Waals surface area contributed by atoms with Gasteiger partial charge in [-0.15, -0.1) is 4.91 Å². The van der Waals surface area contributed by atoms with Crippen LogP contribution in [0, 0.1) is 4.91 Å². The third-order valence-electron chi connectivity index (χ3n) is 3.59. The van der Waals surface area contributed by atoms with E-state index in [2.05, 4.69) is 5.18 Å². The minimum Gasteiger partial charge on any atom is -0.496 e. The van der Waals surface area contributed by atoms with Crippen LogP contribution in [-0.4, -0.2) is 16.8 Å². The zero-order valence-electron chi connectivity index (χ0n) is 11.8. The minimum atomic E-state index is -0.182. The molecule has 0 saturated heterocycles. The van der Waals surface area contributed by atoms with Crippen molar-refractivity contribution >= 4 is 28.2 Å². The average molecular weight is 317 g/mol. The Morgan fingerprint density at radius 2 is 2.05 bits per heavy atom. The highest BCUT2D eigenvalue weighted by Gasteiger charge is 2.18. The first-order chi connectivity index (χ1) is 10.7. The van der Waals surface area contributed by atoms with Crippen molar-refractivity contribution in [3.8, 4) is 11.6 Å². The SMILES string of the molecule is COc1ccccc1Cn1c(O)c(N=O)c2ccc(Cl)cc21.